The number of carbonyl (C=O) groups is 1. The summed E-state index contributed by atoms with van der Waals surface area (Å²) in [4.78, 5) is 11.5. The smallest absolute Gasteiger partial charge is 0.323 e. The van der Waals surface area contributed by atoms with E-state index in [1.54, 1.807) is 0 Å². The van der Waals surface area contributed by atoms with Gasteiger partial charge in [0.05, 0.1) is 0 Å². The van der Waals surface area contributed by atoms with Gasteiger partial charge in [0.2, 0.25) is 0 Å². The number of nitrogens with two attached hydrogens (primary N) is 1. The summed E-state index contributed by atoms with van der Waals surface area (Å²) in [5.74, 6) is -0.278. The van der Waals surface area contributed by atoms with Gasteiger partial charge in [0, 0.05) is 8.07 Å². The Morgan fingerprint density at radius 3 is 2.07 bits per heavy atom. The molecule has 3 nitrogen and oxygen atoms in total. The Labute approximate surface area is 88.0 Å². The fraction of sp³-hybridized carbons (Fsp3) is 0.900. The van der Waals surface area contributed by atoms with Gasteiger partial charge in [0.15, 0.2) is 0 Å². The summed E-state index contributed by atoms with van der Waals surface area (Å²) in [6.45, 7) is 12.1. The molecule has 0 fully saturated rings. The molecule has 0 heterocycles. The Bertz CT molecular complexity index is 203. The fourth-order valence-electron chi connectivity index (χ4n) is 1.12. The van der Waals surface area contributed by atoms with Crippen LogP contribution in [0.25, 0.3) is 0 Å². The van der Waals surface area contributed by atoms with Gasteiger partial charge in [-0.05, 0) is 26.8 Å². The van der Waals surface area contributed by atoms with E-state index in [0.717, 1.165) is 6.04 Å². The highest BCUT2D eigenvalue weighted by Gasteiger charge is 2.26. The van der Waals surface area contributed by atoms with Crippen molar-refractivity contribution in [2.24, 2.45) is 5.73 Å². The van der Waals surface area contributed by atoms with E-state index < -0.39 is 19.7 Å². The quantitative estimate of drug-likeness (QED) is 0.581. The molecule has 1 unspecified atom stereocenters. The zero-order valence-corrected chi connectivity index (χ0v) is 11.2. The molecule has 0 aromatic rings. The second-order valence-electron chi connectivity index (χ2n) is 5.90. The molecule has 0 aromatic heterocycles. The normalized spacial score (nSPS) is 15.1. The third-order valence-electron chi connectivity index (χ3n) is 1.54. The molecule has 0 bridgehead atoms. The lowest BCUT2D eigenvalue weighted by molar-refractivity contribution is -0.155. The molecule has 2 N–H and O–H groups in total. The van der Waals surface area contributed by atoms with Crippen LogP contribution in [0.15, 0.2) is 0 Å². The first-order chi connectivity index (χ1) is 6.01. The number of carbonyl (C=O) groups excluding carboxylic acids is 1. The molecule has 0 spiro atoms. The molecule has 0 saturated heterocycles. The first-order valence-electron chi connectivity index (χ1n) is 5.00. The van der Waals surface area contributed by atoms with Crippen molar-refractivity contribution in [3.63, 3.8) is 0 Å². The van der Waals surface area contributed by atoms with Crippen LogP contribution in [0, 0.1) is 0 Å². The van der Waals surface area contributed by atoms with Crippen molar-refractivity contribution < 1.29 is 9.53 Å². The zero-order valence-electron chi connectivity index (χ0n) is 10.2. The predicted molar refractivity (Wildman–Crippen MR) is 62.0 cm³/mol. The average molecular weight is 217 g/mol. The van der Waals surface area contributed by atoms with Gasteiger partial charge in [0.1, 0.15) is 11.6 Å². The van der Waals surface area contributed by atoms with Crippen molar-refractivity contribution >= 4 is 14.0 Å². The second kappa shape index (κ2) is 4.44. The maximum atomic E-state index is 11.5. The van der Waals surface area contributed by atoms with Crippen LogP contribution in [0.2, 0.25) is 25.7 Å². The van der Waals surface area contributed by atoms with Crippen LogP contribution in [0.5, 0.6) is 0 Å². The molecular formula is C10H23NO2Si. The highest BCUT2D eigenvalue weighted by atomic mass is 28.3. The van der Waals surface area contributed by atoms with Gasteiger partial charge in [-0.3, -0.25) is 4.79 Å². The molecule has 0 aliphatic heterocycles. The number of rotatable bonds is 3. The topological polar surface area (TPSA) is 52.3 Å². The van der Waals surface area contributed by atoms with E-state index in [1.807, 2.05) is 20.8 Å². The third-order valence-corrected chi connectivity index (χ3v) is 3.21. The molecule has 0 rings (SSSR count). The molecule has 84 valence electrons. The highest BCUT2D eigenvalue weighted by molar-refractivity contribution is 6.76. The largest absolute Gasteiger partial charge is 0.459 e. The molecule has 0 aliphatic carbocycles. The second-order valence-corrected chi connectivity index (χ2v) is 11.4. The Morgan fingerprint density at radius 1 is 1.36 bits per heavy atom. The van der Waals surface area contributed by atoms with Crippen molar-refractivity contribution in [1.29, 1.82) is 0 Å². The molecule has 0 aliphatic rings. The molecule has 1 atom stereocenters. The Morgan fingerprint density at radius 2 is 1.79 bits per heavy atom. The summed E-state index contributed by atoms with van der Waals surface area (Å²) in [5.41, 5.74) is 5.33. The van der Waals surface area contributed by atoms with Crippen LogP contribution < -0.4 is 5.73 Å². The van der Waals surface area contributed by atoms with Gasteiger partial charge in [-0.15, -0.1) is 0 Å². The van der Waals surface area contributed by atoms with Crippen molar-refractivity contribution in [3.8, 4) is 0 Å². The maximum absolute atomic E-state index is 11.5. The van der Waals surface area contributed by atoms with E-state index in [-0.39, 0.29) is 5.97 Å². The minimum absolute atomic E-state index is 0.278. The van der Waals surface area contributed by atoms with E-state index in [1.165, 1.54) is 0 Å². The van der Waals surface area contributed by atoms with Crippen molar-refractivity contribution in [3.05, 3.63) is 0 Å². The van der Waals surface area contributed by atoms with Crippen LogP contribution >= 0.6 is 0 Å². The summed E-state index contributed by atoms with van der Waals surface area (Å²) in [6.07, 6.45) is 0. The minimum atomic E-state index is -1.28. The van der Waals surface area contributed by atoms with Gasteiger partial charge in [-0.1, -0.05) is 19.6 Å². The van der Waals surface area contributed by atoms with Crippen molar-refractivity contribution in [1.82, 2.24) is 0 Å². The summed E-state index contributed by atoms with van der Waals surface area (Å²) in [5, 5.41) is 0. The summed E-state index contributed by atoms with van der Waals surface area (Å²) < 4.78 is 5.20. The standard InChI is InChI=1S/C10H23NO2Si/c1-10(2,3)13-9(12)8(11)7-14(4,5)6/h8H,7,11H2,1-6H3. The van der Waals surface area contributed by atoms with Gasteiger partial charge < -0.3 is 10.5 Å². The predicted octanol–water partition coefficient (Wildman–Crippen LogP) is 1.99. The lowest BCUT2D eigenvalue weighted by Gasteiger charge is -2.25. The van der Waals surface area contributed by atoms with Gasteiger partial charge in [-0.25, -0.2) is 0 Å². The van der Waals surface area contributed by atoms with Gasteiger partial charge in [-0.2, -0.15) is 0 Å². The Kier molecular flexibility index (Phi) is 4.33. The lowest BCUT2D eigenvalue weighted by Crippen LogP contribution is -2.42. The van der Waals surface area contributed by atoms with E-state index in [0.29, 0.717) is 0 Å². The van der Waals surface area contributed by atoms with E-state index in [9.17, 15) is 4.79 Å². The molecule has 0 saturated carbocycles. The van der Waals surface area contributed by atoms with Crippen LogP contribution in [0.1, 0.15) is 20.8 Å². The Hall–Kier alpha value is -0.353. The first-order valence-corrected chi connectivity index (χ1v) is 8.70. The molecule has 14 heavy (non-hydrogen) atoms. The lowest BCUT2D eigenvalue weighted by atomic mass is 10.2. The van der Waals surface area contributed by atoms with Gasteiger partial charge in [0.25, 0.3) is 0 Å². The number of esters is 1. The zero-order chi connectivity index (χ0) is 11.6. The number of ether oxygens (including phenoxy) is 1. The third kappa shape index (κ3) is 7.09. The summed E-state index contributed by atoms with van der Waals surface area (Å²) >= 11 is 0. The molecule has 0 amide bonds. The van der Waals surface area contributed by atoms with Crippen LogP contribution in [-0.2, 0) is 9.53 Å². The number of hydrogen-bond acceptors (Lipinski definition) is 3. The fourth-order valence-corrected chi connectivity index (χ4v) is 2.61. The molecular weight excluding hydrogens is 194 g/mol. The summed E-state index contributed by atoms with van der Waals surface area (Å²) in [6, 6.07) is 0.322. The molecule has 0 aromatic carbocycles. The molecule has 4 heteroatoms. The monoisotopic (exact) mass is 217 g/mol. The maximum Gasteiger partial charge on any atom is 0.323 e. The highest BCUT2D eigenvalue weighted by Crippen LogP contribution is 2.14. The van der Waals surface area contributed by atoms with Crippen molar-refractivity contribution in [2.45, 2.75) is 58.1 Å². The van der Waals surface area contributed by atoms with Crippen LogP contribution in [-0.4, -0.2) is 25.7 Å². The molecule has 0 radical (unpaired) electrons. The van der Waals surface area contributed by atoms with E-state index in [2.05, 4.69) is 19.6 Å². The Balaban J connectivity index is 4.15. The van der Waals surface area contributed by atoms with E-state index in [4.69, 9.17) is 10.5 Å². The van der Waals surface area contributed by atoms with E-state index >= 15 is 0 Å². The van der Waals surface area contributed by atoms with Gasteiger partial charge >= 0.3 is 5.97 Å². The minimum Gasteiger partial charge on any atom is -0.459 e. The first kappa shape index (κ1) is 13.6. The van der Waals surface area contributed by atoms with Crippen LogP contribution in [0.3, 0.4) is 0 Å². The SMILES string of the molecule is CC(C)(C)OC(=O)C(N)C[Si](C)(C)C. The van der Waals surface area contributed by atoms with Crippen molar-refractivity contribution in [2.75, 3.05) is 0 Å². The number of hydrogen-bond donors (Lipinski definition) is 1. The summed E-state index contributed by atoms with van der Waals surface area (Å²) in [7, 11) is -1.28. The van der Waals surface area contributed by atoms with Crippen LogP contribution in [0.4, 0.5) is 0 Å². The average Bonchev–Trinajstić information content (AvgIpc) is 1.78.